The Balaban J connectivity index is 2.12. The van der Waals surface area contributed by atoms with E-state index in [4.69, 9.17) is 5.73 Å². The van der Waals surface area contributed by atoms with E-state index in [1.54, 1.807) is 11.8 Å². The quantitative estimate of drug-likeness (QED) is 0.701. The maximum absolute atomic E-state index is 12.2. The predicted molar refractivity (Wildman–Crippen MR) is 99.1 cm³/mol. The van der Waals surface area contributed by atoms with E-state index in [1.165, 1.54) is 11.1 Å². The molecule has 0 bridgehead atoms. The zero-order chi connectivity index (χ0) is 17.7. The van der Waals surface area contributed by atoms with Crippen molar-refractivity contribution in [3.05, 3.63) is 35.4 Å². The molecule has 6 heteroatoms. The minimum Gasteiger partial charge on any atom is -0.350 e. The SMILES string of the molecule is CC(=O)NC1(Cc2ccccc2C)CCN(C(=O)[C@@H](N)CS)CC1. The van der Waals surface area contributed by atoms with Crippen LogP contribution >= 0.6 is 12.6 Å². The summed E-state index contributed by atoms with van der Waals surface area (Å²) in [5, 5.41) is 3.15. The summed E-state index contributed by atoms with van der Waals surface area (Å²) in [6.07, 6.45) is 2.23. The molecule has 132 valence electrons. The fourth-order valence-electron chi connectivity index (χ4n) is 3.36. The Morgan fingerprint density at radius 3 is 2.50 bits per heavy atom. The number of carbonyl (C=O) groups excluding carboxylic acids is 2. The summed E-state index contributed by atoms with van der Waals surface area (Å²) in [5.41, 5.74) is 7.95. The predicted octanol–water partition coefficient (Wildman–Crippen LogP) is 1.29. The number of likely N-dealkylation sites (tertiary alicyclic amines) is 1. The number of nitrogens with two attached hydrogens (primary N) is 1. The number of rotatable bonds is 5. The molecule has 2 rings (SSSR count). The van der Waals surface area contributed by atoms with E-state index >= 15 is 0 Å². The molecule has 1 aliphatic heterocycles. The van der Waals surface area contributed by atoms with Crippen molar-refractivity contribution in [1.82, 2.24) is 10.2 Å². The van der Waals surface area contributed by atoms with Crippen LogP contribution < -0.4 is 11.1 Å². The molecule has 1 heterocycles. The van der Waals surface area contributed by atoms with Gasteiger partial charge in [0, 0.05) is 31.3 Å². The van der Waals surface area contributed by atoms with Crippen molar-refractivity contribution < 1.29 is 9.59 Å². The lowest BCUT2D eigenvalue weighted by Crippen LogP contribution is -2.58. The molecule has 0 spiro atoms. The number of hydrogen-bond acceptors (Lipinski definition) is 4. The first-order chi connectivity index (χ1) is 11.4. The molecule has 3 N–H and O–H groups in total. The molecule has 1 aromatic rings. The second kappa shape index (κ2) is 8.03. The fourth-order valence-corrected chi connectivity index (χ4v) is 3.52. The summed E-state index contributed by atoms with van der Waals surface area (Å²) in [6.45, 7) is 4.84. The Morgan fingerprint density at radius 2 is 1.96 bits per heavy atom. The summed E-state index contributed by atoms with van der Waals surface area (Å²) in [7, 11) is 0. The molecule has 1 saturated heterocycles. The number of nitrogens with zero attached hydrogens (tertiary/aromatic N) is 1. The molecule has 24 heavy (non-hydrogen) atoms. The van der Waals surface area contributed by atoms with E-state index < -0.39 is 6.04 Å². The van der Waals surface area contributed by atoms with Crippen LogP contribution in [0.5, 0.6) is 0 Å². The average Bonchev–Trinajstić information content (AvgIpc) is 2.55. The lowest BCUT2D eigenvalue weighted by atomic mass is 9.80. The number of aryl methyl sites for hydroxylation is 1. The third-order valence-corrected chi connectivity index (χ3v) is 5.17. The van der Waals surface area contributed by atoms with E-state index in [0.29, 0.717) is 18.8 Å². The molecule has 0 unspecified atom stereocenters. The smallest absolute Gasteiger partial charge is 0.240 e. The van der Waals surface area contributed by atoms with Gasteiger partial charge in [-0.05, 0) is 37.3 Å². The third-order valence-electron chi connectivity index (χ3n) is 4.78. The van der Waals surface area contributed by atoms with Crippen molar-refractivity contribution in [2.45, 2.75) is 44.7 Å². The standard InChI is InChI=1S/C18H27N3O2S/c1-13-5-3-4-6-15(13)11-18(20-14(2)22)7-9-21(10-8-18)17(23)16(19)12-24/h3-6,16,24H,7-12,19H2,1-2H3,(H,20,22)/t16-/m0/s1. The summed E-state index contributed by atoms with van der Waals surface area (Å²) in [6, 6.07) is 7.67. The Hall–Kier alpha value is -1.53. The molecular formula is C18H27N3O2S. The number of amides is 2. The second-order valence-corrected chi connectivity index (χ2v) is 7.04. The van der Waals surface area contributed by atoms with E-state index in [-0.39, 0.29) is 17.4 Å². The van der Waals surface area contributed by atoms with Crippen molar-refractivity contribution in [1.29, 1.82) is 0 Å². The van der Waals surface area contributed by atoms with Crippen LogP contribution in [-0.2, 0) is 16.0 Å². The van der Waals surface area contributed by atoms with Crippen molar-refractivity contribution in [3.63, 3.8) is 0 Å². The molecule has 1 atom stereocenters. The minimum absolute atomic E-state index is 0.0320. The molecule has 0 saturated carbocycles. The van der Waals surface area contributed by atoms with Crippen LogP contribution in [0.25, 0.3) is 0 Å². The largest absolute Gasteiger partial charge is 0.350 e. The van der Waals surface area contributed by atoms with Gasteiger partial charge in [-0.1, -0.05) is 24.3 Å². The summed E-state index contributed by atoms with van der Waals surface area (Å²) in [4.78, 5) is 25.8. The van der Waals surface area contributed by atoms with Crippen molar-refractivity contribution in [2.24, 2.45) is 5.73 Å². The van der Waals surface area contributed by atoms with E-state index in [2.05, 4.69) is 37.0 Å². The van der Waals surface area contributed by atoms with Crippen LogP contribution in [-0.4, -0.2) is 47.1 Å². The van der Waals surface area contributed by atoms with Gasteiger partial charge in [-0.3, -0.25) is 9.59 Å². The number of carbonyl (C=O) groups is 2. The third kappa shape index (κ3) is 4.51. The number of nitrogens with one attached hydrogen (secondary N) is 1. The highest BCUT2D eigenvalue weighted by molar-refractivity contribution is 7.80. The molecule has 0 aliphatic carbocycles. The lowest BCUT2D eigenvalue weighted by molar-refractivity contribution is -0.134. The first-order valence-electron chi connectivity index (χ1n) is 8.35. The number of benzene rings is 1. The molecule has 1 aromatic carbocycles. The Morgan fingerprint density at radius 1 is 1.33 bits per heavy atom. The Kier molecular flexibility index (Phi) is 6.29. The van der Waals surface area contributed by atoms with Crippen LogP contribution in [0.1, 0.15) is 30.9 Å². The lowest BCUT2D eigenvalue weighted by Gasteiger charge is -2.43. The van der Waals surface area contributed by atoms with Crippen LogP contribution in [0.2, 0.25) is 0 Å². The molecule has 5 nitrogen and oxygen atoms in total. The minimum atomic E-state index is -0.557. The second-order valence-electron chi connectivity index (χ2n) is 6.68. The van der Waals surface area contributed by atoms with Crippen molar-refractivity contribution in [3.8, 4) is 0 Å². The molecular weight excluding hydrogens is 322 g/mol. The zero-order valence-electron chi connectivity index (χ0n) is 14.4. The van der Waals surface area contributed by atoms with Crippen LogP contribution in [0, 0.1) is 6.92 Å². The van der Waals surface area contributed by atoms with E-state index in [0.717, 1.165) is 19.3 Å². The van der Waals surface area contributed by atoms with Crippen LogP contribution in [0.3, 0.4) is 0 Å². The van der Waals surface area contributed by atoms with Gasteiger partial charge in [-0.2, -0.15) is 12.6 Å². The summed E-state index contributed by atoms with van der Waals surface area (Å²) in [5.74, 6) is 0.253. The van der Waals surface area contributed by atoms with Gasteiger partial charge in [0.05, 0.1) is 6.04 Å². The highest BCUT2D eigenvalue weighted by atomic mass is 32.1. The number of thiol groups is 1. The highest BCUT2D eigenvalue weighted by Gasteiger charge is 2.37. The molecule has 2 amide bonds. The van der Waals surface area contributed by atoms with Gasteiger partial charge in [0.1, 0.15) is 0 Å². The fraction of sp³-hybridized carbons (Fsp3) is 0.556. The van der Waals surface area contributed by atoms with Gasteiger partial charge in [-0.15, -0.1) is 0 Å². The van der Waals surface area contributed by atoms with Gasteiger partial charge in [0.2, 0.25) is 11.8 Å². The maximum atomic E-state index is 12.2. The van der Waals surface area contributed by atoms with Crippen molar-refractivity contribution in [2.75, 3.05) is 18.8 Å². The normalized spacial score (nSPS) is 18.1. The average molecular weight is 350 g/mol. The summed E-state index contributed by atoms with van der Waals surface area (Å²) >= 11 is 4.10. The van der Waals surface area contributed by atoms with Crippen LogP contribution in [0.4, 0.5) is 0 Å². The zero-order valence-corrected chi connectivity index (χ0v) is 15.3. The molecule has 0 radical (unpaired) electrons. The Labute approximate surface area is 149 Å². The first kappa shape index (κ1) is 18.8. The van der Waals surface area contributed by atoms with Crippen molar-refractivity contribution >= 4 is 24.4 Å². The van der Waals surface area contributed by atoms with Gasteiger partial charge in [0.25, 0.3) is 0 Å². The van der Waals surface area contributed by atoms with E-state index in [9.17, 15) is 9.59 Å². The Bertz CT molecular complexity index is 598. The number of hydrogen-bond donors (Lipinski definition) is 3. The van der Waals surface area contributed by atoms with E-state index in [1.807, 2.05) is 12.1 Å². The topological polar surface area (TPSA) is 75.4 Å². The highest BCUT2D eigenvalue weighted by Crippen LogP contribution is 2.28. The first-order valence-corrected chi connectivity index (χ1v) is 8.98. The van der Waals surface area contributed by atoms with Gasteiger partial charge >= 0.3 is 0 Å². The molecule has 1 fully saturated rings. The van der Waals surface area contributed by atoms with Gasteiger partial charge < -0.3 is 16.0 Å². The van der Waals surface area contributed by atoms with Crippen LogP contribution in [0.15, 0.2) is 24.3 Å². The summed E-state index contributed by atoms with van der Waals surface area (Å²) < 4.78 is 0. The monoisotopic (exact) mass is 349 g/mol. The number of piperidine rings is 1. The van der Waals surface area contributed by atoms with Gasteiger partial charge in [-0.25, -0.2) is 0 Å². The van der Waals surface area contributed by atoms with Gasteiger partial charge in [0.15, 0.2) is 0 Å². The molecule has 0 aromatic heterocycles. The molecule has 1 aliphatic rings. The maximum Gasteiger partial charge on any atom is 0.240 e.